The first kappa shape index (κ1) is 10.3. The van der Waals surface area contributed by atoms with Crippen LogP contribution in [0.2, 0.25) is 0 Å². The highest BCUT2D eigenvalue weighted by atomic mass is 16.3. The molecule has 1 heterocycles. The maximum absolute atomic E-state index is 10.9. The number of carbonyl (C=O) groups excluding carboxylic acids is 1. The van der Waals surface area contributed by atoms with Crippen molar-refractivity contribution >= 4 is 23.4 Å². The summed E-state index contributed by atoms with van der Waals surface area (Å²) in [5.41, 5.74) is 1.41. The van der Waals surface area contributed by atoms with E-state index in [1.54, 1.807) is 31.4 Å². The van der Waals surface area contributed by atoms with E-state index in [1.165, 1.54) is 6.21 Å². The number of hydrogen-bond acceptors (Lipinski definition) is 4. The van der Waals surface area contributed by atoms with Crippen LogP contribution in [0.25, 0.3) is 10.9 Å². The SMILES string of the molecule is CN=Cc1cc(C=O)c2cccnc2c1O. The summed E-state index contributed by atoms with van der Waals surface area (Å²) in [5, 5.41) is 10.6. The molecule has 1 aromatic carbocycles. The number of pyridine rings is 1. The largest absolute Gasteiger partial charge is 0.505 e. The number of phenolic OH excluding ortho intramolecular Hbond substituents is 1. The van der Waals surface area contributed by atoms with Gasteiger partial charge in [-0.2, -0.15) is 0 Å². The van der Waals surface area contributed by atoms with Crippen molar-refractivity contribution in [1.29, 1.82) is 0 Å². The number of hydrogen-bond donors (Lipinski definition) is 1. The standard InChI is InChI=1S/C12H10N2O2/c1-13-6-8-5-9(7-15)10-3-2-4-14-11(10)12(8)16/h2-7,16H,1H3. The van der Waals surface area contributed by atoms with Crippen LogP contribution >= 0.6 is 0 Å². The molecule has 1 aromatic heterocycles. The van der Waals surface area contributed by atoms with E-state index in [0.29, 0.717) is 22.0 Å². The van der Waals surface area contributed by atoms with Crippen molar-refractivity contribution in [3.8, 4) is 5.75 Å². The Balaban J connectivity index is 2.88. The maximum Gasteiger partial charge on any atom is 0.150 e. The highest BCUT2D eigenvalue weighted by Crippen LogP contribution is 2.28. The molecular weight excluding hydrogens is 204 g/mol. The highest BCUT2D eigenvalue weighted by molar-refractivity contribution is 6.04. The molecule has 0 unspecified atom stereocenters. The third-order valence-corrected chi connectivity index (χ3v) is 2.32. The molecule has 0 aliphatic carbocycles. The Hall–Kier alpha value is -2.23. The van der Waals surface area contributed by atoms with Crippen molar-refractivity contribution in [2.24, 2.45) is 4.99 Å². The molecule has 0 aliphatic heterocycles. The first-order chi connectivity index (χ1) is 7.77. The monoisotopic (exact) mass is 214 g/mol. The average molecular weight is 214 g/mol. The summed E-state index contributed by atoms with van der Waals surface area (Å²) in [4.78, 5) is 18.8. The summed E-state index contributed by atoms with van der Waals surface area (Å²) in [6.45, 7) is 0. The zero-order valence-electron chi connectivity index (χ0n) is 8.71. The number of nitrogens with zero attached hydrogens (tertiary/aromatic N) is 2. The number of aldehydes is 1. The highest BCUT2D eigenvalue weighted by Gasteiger charge is 2.10. The van der Waals surface area contributed by atoms with Crippen LogP contribution in [-0.4, -0.2) is 29.6 Å². The quantitative estimate of drug-likeness (QED) is 0.612. The van der Waals surface area contributed by atoms with Crippen molar-refractivity contribution in [3.63, 3.8) is 0 Å². The molecule has 0 bridgehead atoms. The molecule has 1 N–H and O–H groups in total. The van der Waals surface area contributed by atoms with Crippen LogP contribution in [0.1, 0.15) is 15.9 Å². The van der Waals surface area contributed by atoms with Crippen LogP contribution in [0.4, 0.5) is 0 Å². The summed E-state index contributed by atoms with van der Waals surface area (Å²) in [7, 11) is 1.60. The predicted octanol–water partition coefficient (Wildman–Crippen LogP) is 1.80. The van der Waals surface area contributed by atoms with Crippen LogP contribution in [0.15, 0.2) is 29.4 Å². The first-order valence-electron chi connectivity index (χ1n) is 4.76. The molecule has 16 heavy (non-hydrogen) atoms. The van der Waals surface area contributed by atoms with E-state index in [9.17, 15) is 9.90 Å². The molecule has 0 amide bonds. The third-order valence-electron chi connectivity index (χ3n) is 2.32. The van der Waals surface area contributed by atoms with Crippen molar-refractivity contribution in [2.75, 3.05) is 7.05 Å². The second-order valence-corrected chi connectivity index (χ2v) is 3.31. The second-order valence-electron chi connectivity index (χ2n) is 3.31. The number of benzene rings is 1. The van der Waals surface area contributed by atoms with Gasteiger partial charge in [0.05, 0.1) is 0 Å². The maximum atomic E-state index is 10.9. The van der Waals surface area contributed by atoms with Crippen LogP contribution in [0.3, 0.4) is 0 Å². The van der Waals surface area contributed by atoms with Gasteiger partial charge in [-0.05, 0) is 12.1 Å². The van der Waals surface area contributed by atoms with E-state index in [2.05, 4.69) is 9.98 Å². The lowest BCUT2D eigenvalue weighted by atomic mass is 10.0. The lowest BCUT2D eigenvalue weighted by molar-refractivity contribution is 0.112. The fourth-order valence-corrected chi connectivity index (χ4v) is 1.61. The molecule has 4 heteroatoms. The summed E-state index contributed by atoms with van der Waals surface area (Å²) in [5.74, 6) is 0.0480. The number of rotatable bonds is 2. The summed E-state index contributed by atoms with van der Waals surface area (Å²) < 4.78 is 0. The molecule has 0 fully saturated rings. The fraction of sp³-hybridized carbons (Fsp3) is 0.0833. The van der Waals surface area contributed by atoms with Crippen molar-refractivity contribution < 1.29 is 9.90 Å². The number of carbonyl (C=O) groups is 1. The van der Waals surface area contributed by atoms with Gasteiger partial charge in [0.1, 0.15) is 5.52 Å². The predicted molar refractivity (Wildman–Crippen MR) is 62.3 cm³/mol. The Morgan fingerprint density at radius 3 is 2.94 bits per heavy atom. The molecule has 0 atom stereocenters. The zero-order valence-corrected chi connectivity index (χ0v) is 8.71. The molecular formula is C12H10N2O2. The van der Waals surface area contributed by atoms with Crippen molar-refractivity contribution in [2.45, 2.75) is 0 Å². The summed E-state index contributed by atoms with van der Waals surface area (Å²) >= 11 is 0. The molecule has 0 spiro atoms. The number of aromatic hydroxyl groups is 1. The minimum Gasteiger partial charge on any atom is -0.505 e. The van der Waals surface area contributed by atoms with Crippen molar-refractivity contribution in [3.05, 3.63) is 35.5 Å². The van der Waals surface area contributed by atoms with E-state index in [-0.39, 0.29) is 5.75 Å². The van der Waals surface area contributed by atoms with E-state index >= 15 is 0 Å². The van der Waals surface area contributed by atoms with Gasteiger partial charge in [-0.25, -0.2) is 0 Å². The lowest BCUT2D eigenvalue weighted by Gasteiger charge is -2.05. The molecule has 0 aliphatic rings. The van der Waals surface area contributed by atoms with Crippen molar-refractivity contribution in [1.82, 2.24) is 4.98 Å². The number of aliphatic imine (C=N–C) groups is 1. The van der Waals surface area contributed by atoms with Gasteiger partial charge in [0.2, 0.25) is 0 Å². The van der Waals surface area contributed by atoms with Gasteiger partial charge in [0.25, 0.3) is 0 Å². The molecule has 0 saturated carbocycles. The van der Waals surface area contributed by atoms with Crippen LogP contribution in [-0.2, 0) is 0 Å². The Morgan fingerprint density at radius 1 is 1.44 bits per heavy atom. The van der Waals surface area contributed by atoms with Gasteiger partial charge >= 0.3 is 0 Å². The molecule has 80 valence electrons. The van der Waals surface area contributed by atoms with E-state index < -0.39 is 0 Å². The number of fused-ring (bicyclic) bond motifs is 1. The Kier molecular flexibility index (Phi) is 2.64. The molecule has 2 rings (SSSR count). The van der Waals surface area contributed by atoms with E-state index in [0.717, 1.165) is 6.29 Å². The first-order valence-corrected chi connectivity index (χ1v) is 4.76. The molecule has 2 aromatic rings. The average Bonchev–Trinajstić information content (AvgIpc) is 2.33. The van der Waals surface area contributed by atoms with Gasteiger partial charge in [-0.3, -0.25) is 14.8 Å². The normalized spacial score (nSPS) is 11.1. The van der Waals surface area contributed by atoms with Crippen LogP contribution in [0, 0.1) is 0 Å². The van der Waals surface area contributed by atoms with Gasteiger partial charge in [0, 0.05) is 36.0 Å². The van der Waals surface area contributed by atoms with Gasteiger partial charge in [0.15, 0.2) is 12.0 Å². The number of aromatic nitrogens is 1. The second kappa shape index (κ2) is 4.10. The lowest BCUT2D eigenvalue weighted by Crippen LogP contribution is -1.92. The Labute approximate surface area is 92.3 Å². The summed E-state index contributed by atoms with van der Waals surface area (Å²) in [6.07, 6.45) is 3.82. The molecule has 4 nitrogen and oxygen atoms in total. The van der Waals surface area contributed by atoms with E-state index in [1.807, 2.05) is 0 Å². The van der Waals surface area contributed by atoms with Crippen LogP contribution in [0.5, 0.6) is 5.75 Å². The van der Waals surface area contributed by atoms with Gasteiger partial charge in [-0.1, -0.05) is 6.07 Å². The Morgan fingerprint density at radius 2 is 2.25 bits per heavy atom. The van der Waals surface area contributed by atoms with Crippen LogP contribution < -0.4 is 0 Å². The topological polar surface area (TPSA) is 62.5 Å². The smallest absolute Gasteiger partial charge is 0.150 e. The Bertz CT molecular complexity index is 576. The summed E-state index contributed by atoms with van der Waals surface area (Å²) in [6, 6.07) is 5.07. The molecule has 0 saturated heterocycles. The fourth-order valence-electron chi connectivity index (χ4n) is 1.61. The minimum absolute atomic E-state index is 0.0480. The number of phenols is 1. The third kappa shape index (κ3) is 1.54. The van der Waals surface area contributed by atoms with E-state index in [4.69, 9.17) is 0 Å². The minimum atomic E-state index is 0.0480. The van der Waals surface area contributed by atoms with Gasteiger partial charge < -0.3 is 5.11 Å². The van der Waals surface area contributed by atoms with Gasteiger partial charge in [-0.15, -0.1) is 0 Å². The molecule has 0 radical (unpaired) electrons. The zero-order chi connectivity index (χ0) is 11.5.